The number of halogens is 1. The van der Waals surface area contributed by atoms with Crippen LogP contribution in [0.4, 0.5) is 5.82 Å². The zero-order valence-electron chi connectivity index (χ0n) is 14.3. The number of nitrogens with zero attached hydrogens (tertiary/aromatic N) is 5. The van der Waals surface area contributed by atoms with Crippen LogP contribution < -0.4 is 10.6 Å². The van der Waals surface area contributed by atoms with Gasteiger partial charge in [0.05, 0.1) is 19.1 Å². The summed E-state index contributed by atoms with van der Waals surface area (Å²) in [4.78, 5) is 13.0. The first-order valence-electron chi connectivity index (χ1n) is 8.42. The molecule has 0 amide bonds. The maximum absolute atomic E-state index is 7.51. The van der Waals surface area contributed by atoms with Crippen LogP contribution in [-0.2, 0) is 4.74 Å². The van der Waals surface area contributed by atoms with Crippen LogP contribution in [0, 0.1) is 5.41 Å². The number of hydrogen-bond donors (Lipinski definition) is 2. The van der Waals surface area contributed by atoms with Crippen molar-refractivity contribution in [1.29, 1.82) is 5.41 Å². The van der Waals surface area contributed by atoms with E-state index in [0.717, 1.165) is 50.7 Å². The van der Waals surface area contributed by atoms with E-state index in [1.807, 2.05) is 17.0 Å². The highest BCUT2D eigenvalue weighted by Crippen LogP contribution is 2.27. The van der Waals surface area contributed by atoms with Crippen molar-refractivity contribution in [2.75, 3.05) is 44.3 Å². The monoisotopic (exact) mass is 379 g/mol. The number of nitrogens with one attached hydrogen (secondary N) is 1. The number of morpholine rings is 1. The largest absolute Gasteiger partial charge is 0.378 e. The van der Waals surface area contributed by atoms with Crippen molar-refractivity contribution in [2.24, 2.45) is 5.73 Å². The summed E-state index contributed by atoms with van der Waals surface area (Å²) in [6, 6.07) is 3.94. The number of nitrogens with two attached hydrogens (primary N) is 1. The Morgan fingerprint density at radius 2 is 2.04 bits per heavy atom. The Morgan fingerprint density at radius 1 is 1.23 bits per heavy atom. The van der Waals surface area contributed by atoms with Gasteiger partial charge < -0.3 is 24.8 Å². The number of hydrogen-bond acceptors (Lipinski definition) is 7. The summed E-state index contributed by atoms with van der Waals surface area (Å²) in [7, 11) is 0. The maximum atomic E-state index is 7.51. The number of aromatic nitrogens is 3. The fourth-order valence-electron chi connectivity index (χ4n) is 3.20. The summed E-state index contributed by atoms with van der Waals surface area (Å²) in [5.74, 6) is 2.27. The lowest BCUT2D eigenvalue weighted by molar-refractivity contribution is 0.122. The first kappa shape index (κ1) is 18.4. The van der Waals surface area contributed by atoms with Crippen molar-refractivity contribution >= 4 is 24.2 Å². The molecule has 2 saturated heterocycles. The summed E-state index contributed by atoms with van der Waals surface area (Å²) in [6.07, 6.45) is 2.63. The molecule has 1 atom stereocenters. The third-order valence-corrected chi connectivity index (χ3v) is 4.66. The third kappa shape index (κ3) is 3.73. The maximum Gasteiger partial charge on any atom is 0.231 e. The van der Waals surface area contributed by atoms with Crippen LogP contribution in [0.15, 0.2) is 22.9 Å². The summed E-state index contributed by atoms with van der Waals surface area (Å²) < 4.78 is 10.8. The molecule has 2 fully saturated rings. The standard InChI is InChI=1S/C16H21N7O2.ClH/c17-16(18)23-4-3-12(10-23)15-20-14(21-25-15)11-1-2-13(19-9-11)22-5-7-24-8-6-22;/h1-2,9,12H,3-8,10H2,(H3,17,18);1H. The molecule has 0 bridgehead atoms. The minimum Gasteiger partial charge on any atom is -0.378 e. The lowest BCUT2D eigenvalue weighted by Gasteiger charge is -2.27. The molecule has 2 aromatic rings. The lowest BCUT2D eigenvalue weighted by atomic mass is 10.1. The van der Waals surface area contributed by atoms with Gasteiger partial charge in [0, 0.05) is 37.9 Å². The van der Waals surface area contributed by atoms with Crippen LogP contribution in [0.1, 0.15) is 18.2 Å². The molecule has 3 N–H and O–H groups in total. The number of likely N-dealkylation sites (tertiary alicyclic amines) is 1. The van der Waals surface area contributed by atoms with Gasteiger partial charge in [-0.05, 0) is 18.6 Å². The van der Waals surface area contributed by atoms with Gasteiger partial charge in [-0.25, -0.2) is 4.98 Å². The van der Waals surface area contributed by atoms with Crippen molar-refractivity contribution in [1.82, 2.24) is 20.0 Å². The van der Waals surface area contributed by atoms with Crippen LogP contribution >= 0.6 is 12.4 Å². The Balaban J connectivity index is 0.00000196. The van der Waals surface area contributed by atoms with Gasteiger partial charge >= 0.3 is 0 Å². The van der Waals surface area contributed by atoms with E-state index in [1.165, 1.54) is 0 Å². The number of rotatable bonds is 3. The number of pyridine rings is 1. The molecular formula is C16H22ClN7O2. The molecule has 9 nitrogen and oxygen atoms in total. The molecule has 4 heterocycles. The number of guanidine groups is 1. The van der Waals surface area contributed by atoms with Gasteiger partial charge in [0.25, 0.3) is 0 Å². The van der Waals surface area contributed by atoms with Gasteiger partial charge in [-0.3, -0.25) is 5.41 Å². The Labute approximate surface area is 157 Å². The molecule has 0 radical (unpaired) electrons. The Hall–Kier alpha value is -2.39. The second-order valence-corrected chi connectivity index (χ2v) is 6.28. The average molecular weight is 380 g/mol. The molecule has 0 aliphatic carbocycles. The van der Waals surface area contributed by atoms with Crippen molar-refractivity contribution in [3.05, 3.63) is 24.2 Å². The minimum atomic E-state index is 0. The first-order chi connectivity index (χ1) is 12.2. The molecule has 26 heavy (non-hydrogen) atoms. The minimum absolute atomic E-state index is 0. The van der Waals surface area contributed by atoms with Crippen molar-refractivity contribution in [2.45, 2.75) is 12.3 Å². The van der Waals surface area contributed by atoms with E-state index in [-0.39, 0.29) is 24.3 Å². The molecule has 2 aliphatic heterocycles. The fraction of sp³-hybridized carbons (Fsp3) is 0.500. The SMILES string of the molecule is Cl.N=C(N)N1CCC(c2nc(-c3ccc(N4CCOCC4)nc3)no2)C1. The highest BCUT2D eigenvalue weighted by atomic mass is 35.5. The van der Waals surface area contributed by atoms with Gasteiger partial charge in [-0.2, -0.15) is 4.98 Å². The van der Waals surface area contributed by atoms with Gasteiger partial charge in [-0.15, -0.1) is 12.4 Å². The van der Waals surface area contributed by atoms with Crippen molar-refractivity contribution in [3.8, 4) is 11.4 Å². The predicted octanol–water partition coefficient (Wildman–Crippen LogP) is 1.07. The zero-order valence-corrected chi connectivity index (χ0v) is 15.1. The van der Waals surface area contributed by atoms with Crippen LogP contribution in [0.2, 0.25) is 0 Å². The van der Waals surface area contributed by atoms with E-state index in [9.17, 15) is 0 Å². The van der Waals surface area contributed by atoms with Crippen LogP contribution in [0.5, 0.6) is 0 Å². The normalized spacial score (nSPS) is 20.1. The lowest BCUT2D eigenvalue weighted by Crippen LogP contribution is -2.36. The molecule has 0 spiro atoms. The quantitative estimate of drug-likeness (QED) is 0.600. The predicted molar refractivity (Wildman–Crippen MR) is 98.7 cm³/mol. The number of anilines is 1. The van der Waals surface area contributed by atoms with Gasteiger partial charge in [0.15, 0.2) is 5.96 Å². The van der Waals surface area contributed by atoms with E-state index < -0.39 is 0 Å². The average Bonchev–Trinajstić information content (AvgIpc) is 3.32. The van der Waals surface area contributed by atoms with Gasteiger partial charge in [0.1, 0.15) is 5.82 Å². The number of ether oxygens (including phenoxy) is 1. The highest BCUT2D eigenvalue weighted by molar-refractivity contribution is 5.85. The zero-order chi connectivity index (χ0) is 17.2. The highest BCUT2D eigenvalue weighted by Gasteiger charge is 2.29. The molecule has 2 aliphatic rings. The molecule has 1 unspecified atom stereocenters. The Bertz CT molecular complexity index is 745. The molecule has 2 aromatic heterocycles. The molecule has 0 saturated carbocycles. The van der Waals surface area contributed by atoms with E-state index in [0.29, 0.717) is 18.3 Å². The topological polar surface area (TPSA) is 117 Å². The van der Waals surface area contributed by atoms with Crippen molar-refractivity contribution in [3.63, 3.8) is 0 Å². The molecule has 4 rings (SSSR count). The summed E-state index contributed by atoms with van der Waals surface area (Å²) in [6.45, 7) is 4.56. The second-order valence-electron chi connectivity index (χ2n) is 6.28. The third-order valence-electron chi connectivity index (χ3n) is 4.66. The second kappa shape index (κ2) is 7.88. The van der Waals surface area contributed by atoms with Crippen molar-refractivity contribution < 1.29 is 9.26 Å². The van der Waals surface area contributed by atoms with Crippen LogP contribution in [0.25, 0.3) is 11.4 Å². The van der Waals surface area contributed by atoms with Gasteiger partial charge in [0.2, 0.25) is 11.7 Å². The van der Waals surface area contributed by atoms with E-state index >= 15 is 0 Å². The summed E-state index contributed by atoms with van der Waals surface area (Å²) >= 11 is 0. The van der Waals surface area contributed by atoms with E-state index in [4.69, 9.17) is 20.4 Å². The van der Waals surface area contributed by atoms with E-state index in [2.05, 4.69) is 20.0 Å². The molecule has 10 heteroatoms. The Kier molecular flexibility index (Phi) is 5.58. The molecule has 0 aromatic carbocycles. The molecular weight excluding hydrogens is 358 g/mol. The van der Waals surface area contributed by atoms with Crippen LogP contribution in [-0.4, -0.2) is 65.4 Å². The van der Waals surface area contributed by atoms with Gasteiger partial charge in [-0.1, -0.05) is 5.16 Å². The summed E-state index contributed by atoms with van der Waals surface area (Å²) in [5.41, 5.74) is 6.36. The Morgan fingerprint density at radius 3 is 2.69 bits per heavy atom. The summed E-state index contributed by atoms with van der Waals surface area (Å²) in [5, 5.41) is 11.6. The molecule has 140 valence electrons. The smallest absolute Gasteiger partial charge is 0.231 e. The fourth-order valence-corrected chi connectivity index (χ4v) is 3.20. The van der Waals surface area contributed by atoms with Crippen LogP contribution in [0.3, 0.4) is 0 Å². The van der Waals surface area contributed by atoms with E-state index in [1.54, 1.807) is 6.20 Å². The first-order valence-corrected chi connectivity index (χ1v) is 8.42.